The van der Waals surface area contributed by atoms with Crippen molar-refractivity contribution in [2.75, 3.05) is 25.1 Å². The van der Waals surface area contributed by atoms with Crippen molar-refractivity contribution in [1.82, 2.24) is 0 Å². The molecule has 144 valence electrons. The number of nitrogens with two attached hydrogens (primary N) is 1. The molecule has 8 heteroatoms. The molecule has 26 heavy (non-hydrogen) atoms. The minimum atomic E-state index is -0.991. The van der Waals surface area contributed by atoms with Crippen LogP contribution in [0.15, 0.2) is 12.1 Å². The van der Waals surface area contributed by atoms with Gasteiger partial charge in [0.2, 0.25) is 5.91 Å². The smallest absolute Gasteiger partial charge is 0.245 e. The van der Waals surface area contributed by atoms with E-state index in [1.165, 1.54) is 0 Å². The Labute approximate surface area is 164 Å². The molecule has 1 saturated carbocycles. The van der Waals surface area contributed by atoms with Gasteiger partial charge in [0, 0.05) is 30.1 Å². The molecule has 1 aromatic rings. The molecule has 0 radical (unpaired) electrons. The third-order valence-electron chi connectivity index (χ3n) is 5.94. The largest absolute Gasteiger partial charge is 0.486 e. The lowest BCUT2D eigenvalue weighted by Gasteiger charge is -2.65. The third-order valence-corrected chi connectivity index (χ3v) is 6.25. The van der Waals surface area contributed by atoms with E-state index in [0.29, 0.717) is 35.4 Å². The van der Waals surface area contributed by atoms with Crippen LogP contribution >= 0.6 is 24.0 Å². The number of carbonyl (C=O) groups is 1. The quantitative estimate of drug-likeness (QED) is 0.794. The number of ether oxygens (including phenoxy) is 3. The summed E-state index contributed by atoms with van der Waals surface area (Å²) in [5.74, 6) is 0.945. The van der Waals surface area contributed by atoms with E-state index < -0.39 is 11.0 Å². The van der Waals surface area contributed by atoms with Crippen LogP contribution < -0.4 is 20.5 Å². The fraction of sp³-hybridized carbons (Fsp3) is 0.611. The molecular weight excluding hydrogens is 379 g/mol. The topological polar surface area (TPSA) is 82.8 Å². The number of anilines is 1. The lowest BCUT2D eigenvalue weighted by molar-refractivity contribution is -0.222. The molecule has 3 unspecified atom stereocenters. The van der Waals surface area contributed by atoms with Crippen molar-refractivity contribution in [3.63, 3.8) is 0 Å². The van der Waals surface area contributed by atoms with Crippen molar-refractivity contribution in [1.29, 1.82) is 0 Å². The highest BCUT2D eigenvalue weighted by atomic mass is 35.5. The monoisotopic (exact) mass is 402 g/mol. The Bertz CT molecular complexity index is 727. The molecule has 2 fully saturated rings. The van der Waals surface area contributed by atoms with Crippen molar-refractivity contribution >= 4 is 35.6 Å². The molecule has 0 bridgehead atoms. The van der Waals surface area contributed by atoms with Crippen molar-refractivity contribution in [2.45, 2.75) is 38.3 Å². The lowest BCUT2D eigenvalue weighted by atomic mass is 9.46. The molecular formula is C18H24Cl2N2O4. The van der Waals surface area contributed by atoms with Crippen LogP contribution in [0, 0.1) is 11.3 Å². The van der Waals surface area contributed by atoms with Crippen LogP contribution in [0.5, 0.6) is 11.5 Å². The Morgan fingerprint density at radius 1 is 1.23 bits per heavy atom. The number of benzene rings is 1. The highest BCUT2D eigenvalue weighted by molar-refractivity contribution is 6.34. The van der Waals surface area contributed by atoms with Crippen LogP contribution in [-0.2, 0) is 9.53 Å². The second-order valence-electron chi connectivity index (χ2n) is 7.56. The average molecular weight is 403 g/mol. The van der Waals surface area contributed by atoms with Gasteiger partial charge in [0.25, 0.3) is 0 Å². The molecule has 0 spiro atoms. The average Bonchev–Trinajstić information content (AvgIpc) is 2.61. The molecule has 1 amide bonds. The Hall–Kier alpha value is -1.21. The first-order chi connectivity index (χ1) is 11.9. The highest BCUT2D eigenvalue weighted by Crippen LogP contribution is 2.57. The van der Waals surface area contributed by atoms with Gasteiger partial charge in [-0.05, 0) is 12.8 Å². The zero-order valence-electron chi connectivity index (χ0n) is 14.8. The van der Waals surface area contributed by atoms with Crippen LogP contribution in [0.4, 0.5) is 5.69 Å². The Morgan fingerprint density at radius 3 is 2.58 bits per heavy atom. The first-order valence-electron chi connectivity index (χ1n) is 8.67. The number of halogens is 2. The molecule has 3 aliphatic rings. The van der Waals surface area contributed by atoms with Crippen molar-refractivity contribution < 1.29 is 19.0 Å². The molecule has 2 heterocycles. The van der Waals surface area contributed by atoms with Crippen LogP contribution in [0.2, 0.25) is 5.02 Å². The van der Waals surface area contributed by atoms with Gasteiger partial charge in [-0.25, -0.2) is 0 Å². The fourth-order valence-corrected chi connectivity index (χ4v) is 4.62. The molecule has 2 aliphatic heterocycles. The minimum Gasteiger partial charge on any atom is -0.486 e. The summed E-state index contributed by atoms with van der Waals surface area (Å²) >= 11 is 6.31. The molecule has 3 N–H and O–H groups in total. The molecule has 6 nitrogen and oxygen atoms in total. The number of nitrogens with one attached hydrogen (secondary N) is 1. The second kappa shape index (κ2) is 6.75. The maximum absolute atomic E-state index is 13.1. The Kier molecular flexibility index (Phi) is 5.07. The summed E-state index contributed by atoms with van der Waals surface area (Å²) in [6, 6.07) is 3.35. The van der Waals surface area contributed by atoms with Gasteiger partial charge in [-0.1, -0.05) is 25.4 Å². The summed E-state index contributed by atoms with van der Waals surface area (Å²) < 4.78 is 16.9. The number of fused-ring (bicyclic) bond motifs is 2. The van der Waals surface area contributed by atoms with E-state index in [1.54, 1.807) is 12.1 Å². The van der Waals surface area contributed by atoms with E-state index >= 15 is 0 Å². The summed E-state index contributed by atoms with van der Waals surface area (Å²) in [5.41, 5.74) is 5.67. The van der Waals surface area contributed by atoms with Gasteiger partial charge in [0.15, 0.2) is 11.5 Å². The van der Waals surface area contributed by atoms with E-state index in [4.69, 9.17) is 31.5 Å². The van der Waals surface area contributed by atoms with Crippen molar-refractivity contribution in [3.8, 4) is 11.5 Å². The summed E-state index contributed by atoms with van der Waals surface area (Å²) in [7, 11) is 0. The standard InChI is InChI=1S/C18H23ClN2O4.ClH/c1-17(2)15-10(4-3-5-25-15)18(17,20)16(22)21-12-9-14-13(8-11(12)19)23-6-7-24-14;/h8-10,15H,3-7,20H2,1-2H3,(H,21,22);1H. The van der Waals surface area contributed by atoms with Crippen molar-refractivity contribution in [2.24, 2.45) is 17.1 Å². The van der Waals surface area contributed by atoms with Crippen LogP contribution in [0.3, 0.4) is 0 Å². The maximum Gasteiger partial charge on any atom is 0.245 e. The van der Waals surface area contributed by atoms with Gasteiger partial charge >= 0.3 is 0 Å². The zero-order valence-corrected chi connectivity index (χ0v) is 16.4. The van der Waals surface area contributed by atoms with Gasteiger partial charge in [0.1, 0.15) is 18.8 Å². The molecule has 1 aliphatic carbocycles. The van der Waals surface area contributed by atoms with Gasteiger partial charge in [-0.3, -0.25) is 4.79 Å². The molecule has 4 rings (SSSR count). The summed E-state index contributed by atoms with van der Waals surface area (Å²) in [5, 5.41) is 3.30. The van der Waals surface area contributed by atoms with Gasteiger partial charge in [-0.15, -0.1) is 12.4 Å². The Balaban J connectivity index is 0.00000196. The van der Waals surface area contributed by atoms with E-state index in [9.17, 15) is 4.79 Å². The zero-order chi connectivity index (χ0) is 17.8. The van der Waals surface area contributed by atoms with Crippen LogP contribution in [0.1, 0.15) is 26.7 Å². The van der Waals surface area contributed by atoms with E-state index in [0.717, 1.165) is 19.4 Å². The van der Waals surface area contributed by atoms with E-state index in [2.05, 4.69) is 5.32 Å². The second-order valence-corrected chi connectivity index (χ2v) is 7.97. The number of amides is 1. The molecule has 1 saturated heterocycles. The first kappa shape index (κ1) is 19.5. The highest BCUT2D eigenvalue weighted by Gasteiger charge is 2.70. The van der Waals surface area contributed by atoms with Crippen LogP contribution in [0.25, 0.3) is 0 Å². The predicted molar refractivity (Wildman–Crippen MR) is 101 cm³/mol. The normalized spacial score (nSPS) is 31.1. The van der Waals surface area contributed by atoms with Gasteiger partial charge in [0.05, 0.1) is 16.8 Å². The van der Waals surface area contributed by atoms with Crippen LogP contribution in [-0.4, -0.2) is 37.4 Å². The molecule has 3 atom stereocenters. The van der Waals surface area contributed by atoms with E-state index in [1.807, 2.05) is 13.8 Å². The van der Waals surface area contributed by atoms with Gasteiger partial charge < -0.3 is 25.3 Å². The summed E-state index contributed by atoms with van der Waals surface area (Å²) in [6.07, 6.45) is 1.84. The predicted octanol–water partition coefficient (Wildman–Crippen LogP) is 3.00. The molecule has 0 aromatic heterocycles. The molecule has 1 aromatic carbocycles. The number of rotatable bonds is 2. The van der Waals surface area contributed by atoms with E-state index in [-0.39, 0.29) is 30.3 Å². The number of carbonyl (C=O) groups excluding carboxylic acids is 1. The lowest BCUT2D eigenvalue weighted by Crippen LogP contribution is -2.81. The number of hydrogen-bond acceptors (Lipinski definition) is 5. The Morgan fingerprint density at radius 2 is 1.88 bits per heavy atom. The SMILES string of the molecule is CC1(C)C2OCCCC2C1(N)C(=O)Nc1cc2c(cc1Cl)OCCO2.Cl. The summed E-state index contributed by atoms with van der Waals surface area (Å²) in [6.45, 7) is 5.67. The van der Waals surface area contributed by atoms with Gasteiger partial charge in [-0.2, -0.15) is 0 Å². The van der Waals surface area contributed by atoms with Crippen molar-refractivity contribution in [3.05, 3.63) is 17.2 Å². The minimum absolute atomic E-state index is 0. The third kappa shape index (κ3) is 2.66. The summed E-state index contributed by atoms with van der Waals surface area (Å²) in [4.78, 5) is 13.1. The maximum atomic E-state index is 13.1. The first-order valence-corrected chi connectivity index (χ1v) is 9.04. The number of hydrogen-bond donors (Lipinski definition) is 2. The fourth-order valence-electron chi connectivity index (χ4n) is 4.42.